The predicted molar refractivity (Wildman–Crippen MR) is 88.0 cm³/mol. The minimum atomic E-state index is -4.35. The summed E-state index contributed by atoms with van der Waals surface area (Å²) in [6.07, 6.45) is -0.459. The molecule has 136 valence electrons. The lowest BCUT2D eigenvalue weighted by atomic mass is 10.0. The molecule has 4 nitrogen and oxygen atoms in total. The van der Waals surface area contributed by atoms with E-state index in [1.165, 1.54) is 6.07 Å². The molecule has 3 heterocycles. The van der Waals surface area contributed by atoms with Crippen LogP contribution in [-0.4, -0.2) is 53.8 Å². The van der Waals surface area contributed by atoms with Crippen LogP contribution in [0.4, 0.5) is 19.0 Å². The Morgan fingerprint density at radius 2 is 1.83 bits per heavy atom. The summed E-state index contributed by atoms with van der Waals surface area (Å²) in [4.78, 5) is 7.80. The SMILES string of the molecule is CC1CC(O)CCN1C.FC(F)(F)c1cccc(N2CCCC2)n1. The molecule has 0 aromatic carbocycles. The van der Waals surface area contributed by atoms with E-state index in [0.717, 1.165) is 51.4 Å². The molecule has 24 heavy (non-hydrogen) atoms. The fraction of sp³-hybridized carbons (Fsp3) is 0.706. The van der Waals surface area contributed by atoms with Crippen molar-refractivity contribution in [1.29, 1.82) is 0 Å². The Kier molecular flexibility index (Phi) is 6.46. The van der Waals surface area contributed by atoms with Gasteiger partial charge in [0.2, 0.25) is 0 Å². The molecular formula is C17H26F3N3O. The molecular weight excluding hydrogens is 319 g/mol. The Morgan fingerprint density at radius 3 is 2.38 bits per heavy atom. The van der Waals surface area contributed by atoms with Crippen LogP contribution < -0.4 is 4.90 Å². The second-order valence-electron chi connectivity index (χ2n) is 6.58. The number of hydrogen-bond donors (Lipinski definition) is 1. The largest absolute Gasteiger partial charge is 0.433 e. The van der Waals surface area contributed by atoms with Crippen molar-refractivity contribution in [2.75, 3.05) is 31.6 Å². The Hall–Kier alpha value is -1.34. The first-order valence-electron chi connectivity index (χ1n) is 8.45. The van der Waals surface area contributed by atoms with E-state index in [0.29, 0.717) is 11.9 Å². The number of aliphatic hydroxyl groups excluding tert-OH is 1. The number of likely N-dealkylation sites (tertiary alicyclic amines) is 1. The van der Waals surface area contributed by atoms with Gasteiger partial charge in [0, 0.05) is 25.7 Å². The Morgan fingerprint density at radius 1 is 1.17 bits per heavy atom. The van der Waals surface area contributed by atoms with Crippen LogP contribution in [0, 0.1) is 0 Å². The summed E-state index contributed by atoms with van der Waals surface area (Å²) in [7, 11) is 2.11. The Labute approximate surface area is 141 Å². The van der Waals surface area contributed by atoms with Gasteiger partial charge in [-0.15, -0.1) is 0 Å². The lowest BCUT2D eigenvalue weighted by molar-refractivity contribution is -0.141. The third kappa shape index (κ3) is 5.34. The van der Waals surface area contributed by atoms with E-state index >= 15 is 0 Å². The molecule has 2 aliphatic heterocycles. The molecule has 0 aliphatic carbocycles. The molecule has 3 rings (SSSR count). The van der Waals surface area contributed by atoms with Gasteiger partial charge in [-0.2, -0.15) is 13.2 Å². The van der Waals surface area contributed by atoms with Gasteiger partial charge in [0.05, 0.1) is 6.10 Å². The van der Waals surface area contributed by atoms with Gasteiger partial charge in [-0.1, -0.05) is 6.07 Å². The van der Waals surface area contributed by atoms with Crippen molar-refractivity contribution >= 4 is 5.82 Å². The van der Waals surface area contributed by atoms with Crippen molar-refractivity contribution in [3.63, 3.8) is 0 Å². The number of anilines is 1. The summed E-state index contributed by atoms with van der Waals surface area (Å²) < 4.78 is 37.1. The summed E-state index contributed by atoms with van der Waals surface area (Å²) in [5.41, 5.74) is -0.813. The highest BCUT2D eigenvalue weighted by atomic mass is 19.4. The summed E-state index contributed by atoms with van der Waals surface area (Å²) in [6.45, 7) is 4.80. The normalized spacial score (nSPS) is 25.3. The molecule has 1 aromatic heterocycles. The van der Waals surface area contributed by atoms with Crippen molar-refractivity contribution in [3.05, 3.63) is 23.9 Å². The fourth-order valence-electron chi connectivity index (χ4n) is 2.97. The van der Waals surface area contributed by atoms with Gasteiger partial charge >= 0.3 is 6.18 Å². The molecule has 0 amide bonds. The van der Waals surface area contributed by atoms with E-state index in [1.54, 1.807) is 6.07 Å². The van der Waals surface area contributed by atoms with Crippen LogP contribution in [0.1, 0.15) is 38.3 Å². The maximum atomic E-state index is 12.4. The van der Waals surface area contributed by atoms with Crippen molar-refractivity contribution < 1.29 is 18.3 Å². The van der Waals surface area contributed by atoms with Gasteiger partial charge in [0.15, 0.2) is 0 Å². The first kappa shape index (κ1) is 19.0. The lowest BCUT2D eigenvalue weighted by Gasteiger charge is -2.32. The van der Waals surface area contributed by atoms with Crippen molar-refractivity contribution in [1.82, 2.24) is 9.88 Å². The zero-order chi connectivity index (χ0) is 17.7. The number of hydrogen-bond acceptors (Lipinski definition) is 4. The molecule has 0 bridgehead atoms. The zero-order valence-electron chi connectivity index (χ0n) is 14.3. The Bertz CT molecular complexity index is 518. The van der Waals surface area contributed by atoms with E-state index in [-0.39, 0.29) is 6.10 Å². The van der Waals surface area contributed by atoms with E-state index < -0.39 is 11.9 Å². The van der Waals surface area contributed by atoms with E-state index in [9.17, 15) is 18.3 Å². The van der Waals surface area contributed by atoms with Gasteiger partial charge in [-0.25, -0.2) is 4.98 Å². The van der Waals surface area contributed by atoms with Crippen LogP contribution >= 0.6 is 0 Å². The van der Waals surface area contributed by atoms with Gasteiger partial charge in [-0.3, -0.25) is 0 Å². The van der Waals surface area contributed by atoms with Crippen LogP contribution in [0.15, 0.2) is 18.2 Å². The average molecular weight is 345 g/mol. The number of aromatic nitrogens is 1. The first-order chi connectivity index (χ1) is 11.3. The van der Waals surface area contributed by atoms with Crippen molar-refractivity contribution in [3.8, 4) is 0 Å². The molecule has 7 heteroatoms. The van der Waals surface area contributed by atoms with Crippen molar-refractivity contribution in [2.24, 2.45) is 0 Å². The smallest absolute Gasteiger partial charge is 0.393 e. The quantitative estimate of drug-likeness (QED) is 0.849. The lowest BCUT2D eigenvalue weighted by Crippen LogP contribution is -2.39. The summed E-state index contributed by atoms with van der Waals surface area (Å²) >= 11 is 0. The monoisotopic (exact) mass is 345 g/mol. The number of alkyl halides is 3. The molecule has 2 saturated heterocycles. The van der Waals surface area contributed by atoms with Gasteiger partial charge < -0.3 is 14.9 Å². The second kappa shape index (κ2) is 8.16. The number of pyridine rings is 1. The number of piperidine rings is 1. The maximum Gasteiger partial charge on any atom is 0.433 e. The average Bonchev–Trinajstić information content (AvgIpc) is 3.06. The minimum Gasteiger partial charge on any atom is -0.393 e. The van der Waals surface area contributed by atoms with E-state index in [2.05, 4.69) is 23.9 Å². The van der Waals surface area contributed by atoms with Crippen LogP contribution in [0.2, 0.25) is 0 Å². The summed E-state index contributed by atoms with van der Waals surface area (Å²) in [5.74, 6) is 0.433. The van der Waals surface area contributed by atoms with Crippen LogP contribution in [0.5, 0.6) is 0 Å². The number of nitrogens with zero attached hydrogens (tertiary/aromatic N) is 3. The van der Waals surface area contributed by atoms with Gasteiger partial charge in [-0.05, 0) is 51.8 Å². The van der Waals surface area contributed by atoms with Crippen LogP contribution in [0.3, 0.4) is 0 Å². The standard InChI is InChI=1S/C10H11F3N2.C7H15NO/c11-10(12,13)8-4-3-5-9(14-8)15-6-1-2-7-15;1-6-5-7(9)3-4-8(6)2/h3-5H,1-2,6-7H2;6-7,9H,3-5H2,1-2H3. The van der Waals surface area contributed by atoms with Crippen LogP contribution in [0.25, 0.3) is 0 Å². The molecule has 2 unspecified atom stereocenters. The van der Waals surface area contributed by atoms with E-state index in [1.807, 2.05) is 4.90 Å². The van der Waals surface area contributed by atoms with E-state index in [4.69, 9.17) is 0 Å². The van der Waals surface area contributed by atoms with Crippen LogP contribution in [-0.2, 0) is 6.18 Å². The minimum absolute atomic E-state index is 0.0452. The third-order valence-corrected chi connectivity index (χ3v) is 4.64. The molecule has 0 spiro atoms. The third-order valence-electron chi connectivity index (χ3n) is 4.64. The van der Waals surface area contributed by atoms with Crippen molar-refractivity contribution in [2.45, 2.75) is 50.9 Å². The van der Waals surface area contributed by atoms with Gasteiger partial charge in [0.25, 0.3) is 0 Å². The first-order valence-corrected chi connectivity index (χ1v) is 8.45. The molecule has 0 saturated carbocycles. The van der Waals surface area contributed by atoms with Gasteiger partial charge in [0.1, 0.15) is 11.5 Å². The highest BCUT2D eigenvalue weighted by Crippen LogP contribution is 2.29. The number of aliphatic hydroxyl groups is 1. The Balaban J connectivity index is 0.000000198. The molecule has 2 aliphatic rings. The highest BCUT2D eigenvalue weighted by molar-refractivity contribution is 5.40. The molecule has 1 N–H and O–H groups in total. The fourth-order valence-corrected chi connectivity index (χ4v) is 2.97. The number of rotatable bonds is 1. The summed E-state index contributed by atoms with van der Waals surface area (Å²) in [5, 5.41) is 9.17. The summed E-state index contributed by atoms with van der Waals surface area (Å²) in [6, 6.07) is 4.60. The maximum absolute atomic E-state index is 12.4. The number of halogens is 3. The molecule has 1 aromatic rings. The molecule has 2 atom stereocenters. The zero-order valence-corrected chi connectivity index (χ0v) is 14.3. The predicted octanol–water partition coefficient (Wildman–Crippen LogP) is 3.16. The topological polar surface area (TPSA) is 39.6 Å². The second-order valence-corrected chi connectivity index (χ2v) is 6.58. The highest BCUT2D eigenvalue weighted by Gasteiger charge is 2.33. The molecule has 0 radical (unpaired) electrons. The molecule has 2 fully saturated rings.